The molecule has 0 aliphatic heterocycles. The van der Waals surface area contributed by atoms with Crippen molar-refractivity contribution in [2.45, 2.75) is 36.9 Å². The summed E-state index contributed by atoms with van der Waals surface area (Å²) in [5.74, 6) is 0.274. The molecule has 0 fully saturated rings. The molecule has 3 nitrogen and oxygen atoms in total. The van der Waals surface area contributed by atoms with Crippen LogP contribution in [0.5, 0.6) is 0 Å². The molecule has 1 aromatic carbocycles. The van der Waals surface area contributed by atoms with Crippen molar-refractivity contribution in [2.75, 3.05) is 18.6 Å². The van der Waals surface area contributed by atoms with Gasteiger partial charge in [0.05, 0.1) is 26.9 Å². The molecule has 0 radical (unpaired) electrons. The monoisotopic (exact) mass is 309 g/mol. The summed E-state index contributed by atoms with van der Waals surface area (Å²) in [5, 5.41) is 0. The minimum Gasteiger partial charge on any atom is -0.398 e. The van der Waals surface area contributed by atoms with Gasteiger partial charge in [-0.25, -0.2) is 0 Å². The number of benzene rings is 1. The van der Waals surface area contributed by atoms with Crippen LogP contribution >= 0.6 is 0 Å². The Morgan fingerprint density at radius 1 is 1.30 bits per heavy atom. The van der Waals surface area contributed by atoms with E-state index in [1.165, 1.54) is 6.07 Å². The average Bonchev–Trinajstić information content (AvgIpc) is 2.35. The molecular weight excluding hydrogens is 291 g/mol. The van der Waals surface area contributed by atoms with Gasteiger partial charge in [-0.2, -0.15) is 13.2 Å². The van der Waals surface area contributed by atoms with Gasteiger partial charge < -0.3 is 10.5 Å². The highest BCUT2D eigenvalue weighted by Gasteiger charge is 2.31. The normalized spacial score (nSPS) is 14.3. The molecule has 7 heteroatoms. The Kier molecular flexibility index (Phi) is 5.21. The Balaban J connectivity index is 2.85. The molecule has 0 bridgehead atoms. The number of rotatable bonds is 5. The summed E-state index contributed by atoms with van der Waals surface area (Å²) in [6, 6.07) is 2.88. The first-order valence-electron chi connectivity index (χ1n) is 5.97. The van der Waals surface area contributed by atoms with E-state index < -0.39 is 28.1 Å². The standard InChI is InChI=1S/C13H18F3NO2S/c1-12(2,19-3)6-7-20(18)11-5-4-9(8-10(11)17)13(14,15)16/h4-5,8H,6-7,17H2,1-3H3. The second-order valence-corrected chi connectivity index (χ2v) is 6.55. The van der Waals surface area contributed by atoms with Crippen molar-refractivity contribution in [2.24, 2.45) is 0 Å². The van der Waals surface area contributed by atoms with Crippen molar-refractivity contribution in [3.8, 4) is 0 Å². The van der Waals surface area contributed by atoms with E-state index in [2.05, 4.69) is 0 Å². The van der Waals surface area contributed by atoms with Crippen LogP contribution in [-0.4, -0.2) is 22.7 Å². The molecular formula is C13H18F3NO2S. The van der Waals surface area contributed by atoms with Gasteiger partial charge in [0, 0.05) is 18.6 Å². The number of methoxy groups -OCH3 is 1. The lowest BCUT2D eigenvalue weighted by atomic mass is 10.1. The number of ether oxygens (including phenoxy) is 1. The maximum Gasteiger partial charge on any atom is 0.416 e. The Morgan fingerprint density at radius 3 is 2.35 bits per heavy atom. The minimum absolute atomic E-state index is 0.103. The second kappa shape index (κ2) is 6.13. The van der Waals surface area contributed by atoms with Crippen LogP contribution in [0.4, 0.5) is 18.9 Å². The van der Waals surface area contributed by atoms with Gasteiger partial charge in [-0.3, -0.25) is 4.21 Å². The summed E-state index contributed by atoms with van der Waals surface area (Å²) >= 11 is 0. The largest absolute Gasteiger partial charge is 0.416 e. The van der Waals surface area contributed by atoms with Gasteiger partial charge in [0.1, 0.15) is 0 Å². The molecule has 0 aliphatic rings. The van der Waals surface area contributed by atoms with Crippen LogP contribution in [-0.2, 0) is 21.7 Å². The van der Waals surface area contributed by atoms with Crippen molar-refractivity contribution in [1.82, 2.24) is 0 Å². The summed E-state index contributed by atoms with van der Waals surface area (Å²) in [6.45, 7) is 3.70. The third kappa shape index (κ3) is 4.49. The first kappa shape index (κ1) is 17.0. The van der Waals surface area contributed by atoms with Gasteiger partial charge >= 0.3 is 6.18 Å². The predicted octanol–water partition coefficient (Wildman–Crippen LogP) is 3.21. The van der Waals surface area contributed by atoms with E-state index in [1.54, 1.807) is 7.11 Å². The fourth-order valence-corrected chi connectivity index (χ4v) is 2.92. The third-order valence-corrected chi connectivity index (χ3v) is 4.46. The van der Waals surface area contributed by atoms with Crippen molar-refractivity contribution in [1.29, 1.82) is 0 Å². The molecule has 0 saturated carbocycles. The van der Waals surface area contributed by atoms with Crippen LogP contribution in [0, 0.1) is 0 Å². The average molecular weight is 309 g/mol. The fraction of sp³-hybridized carbons (Fsp3) is 0.538. The zero-order chi connectivity index (χ0) is 15.6. The molecule has 0 aromatic heterocycles. The van der Waals surface area contributed by atoms with Crippen LogP contribution in [0.25, 0.3) is 0 Å². The molecule has 2 N–H and O–H groups in total. The molecule has 114 valence electrons. The highest BCUT2D eigenvalue weighted by molar-refractivity contribution is 7.85. The van der Waals surface area contributed by atoms with Gasteiger partial charge in [0.2, 0.25) is 0 Å². The molecule has 1 atom stereocenters. The van der Waals surface area contributed by atoms with Crippen molar-refractivity contribution in [3.63, 3.8) is 0 Å². The van der Waals surface area contributed by atoms with E-state index in [-0.39, 0.29) is 16.3 Å². The Labute approximate surface area is 118 Å². The Bertz CT molecular complexity index is 501. The van der Waals surface area contributed by atoms with E-state index >= 15 is 0 Å². The molecule has 1 aromatic rings. The van der Waals surface area contributed by atoms with Gasteiger partial charge in [-0.1, -0.05) is 0 Å². The summed E-state index contributed by atoms with van der Waals surface area (Å²) in [4.78, 5) is 0.227. The zero-order valence-electron chi connectivity index (χ0n) is 11.6. The highest BCUT2D eigenvalue weighted by atomic mass is 32.2. The molecule has 0 aliphatic carbocycles. The van der Waals surface area contributed by atoms with E-state index in [1.807, 2.05) is 13.8 Å². The maximum absolute atomic E-state index is 12.5. The number of hydrogen-bond donors (Lipinski definition) is 1. The predicted molar refractivity (Wildman–Crippen MR) is 72.8 cm³/mol. The smallest absolute Gasteiger partial charge is 0.398 e. The third-order valence-electron chi connectivity index (χ3n) is 3.02. The molecule has 0 amide bonds. The van der Waals surface area contributed by atoms with Crippen molar-refractivity contribution < 1.29 is 22.1 Å². The summed E-state index contributed by atoms with van der Waals surface area (Å²) < 4.78 is 54.8. The van der Waals surface area contributed by atoms with Crippen LogP contribution < -0.4 is 5.73 Å². The highest BCUT2D eigenvalue weighted by Crippen LogP contribution is 2.32. The Hall–Kier alpha value is -1.08. The summed E-state index contributed by atoms with van der Waals surface area (Å²) in [5.41, 5.74) is 4.19. The van der Waals surface area contributed by atoms with Crippen molar-refractivity contribution >= 4 is 16.5 Å². The number of hydrogen-bond acceptors (Lipinski definition) is 3. The SMILES string of the molecule is COC(C)(C)CCS(=O)c1ccc(C(F)(F)F)cc1N. The molecule has 1 unspecified atom stereocenters. The van der Waals surface area contributed by atoms with E-state index in [0.717, 1.165) is 12.1 Å². The molecule has 1 rings (SSSR count). The second-order valence-electron chi connectivity index (χ2n) is 5.01. The van der Waals surface area contributed by atoms with E-state index in [0.29, 0.717) is 6.42 Å². The molecule has 0 saturated heterocycles. The minimum atomic E-state index is -4.45. The number of nitrogens with two attached hydrogens (primary N) is 1. The van der Waals surface area contributed by atoms with Gasteiger partial charge in [-0.05, 0) is 38.5 Å². The van der Waals surface area contributed by atoms with Crippen molar-refractivity contribution in [3.05, 3.63) is 23.8 Å². The summed E-state index contributed by atoms with van der Waals surface area (Å²) in [6.07, 6.45) is -3.94. The van der Waals surface area contributed by atoms with Crippen LogP contribution in [0.1, 0.15) is 25.8 Å². The number of halogens is 3. The van der Waals surface area contributed by atoms with Gasteiger partial charge in [0.15, 0.2) is 0 Å². The van der Waals surface area contributed by atoms with Crippen LogP contribution in [0.15, 0.2) is 23.1 Å². The zero-order valence-corrected chi connectivity index (χ0v) is 12.4. The number of alkyl halides is 3. The van der Waals surface area contributed by atoms with Crippen LogP contribution in [0.3, 0.4) is 0 Å². The fourth-order valence-electron chi connectivity index (χ4n) is 1.48. The lowest BCUT2D eigenvalue weighted by molar-refractivity contribution is -0.137. The van der Waals surface area contributed by atoms with E-state index in [9.17, 15) is 17.4 Å². The topological polar surface area (TPSA) is 52.3 Å². The first-order valence-corrected chi connectivity index (χ1v) is 7.29. The lowest BCUT2D eigenvalue weighted by Crippen LogP contribution is -2.25. The Morgan fingerprint density at radius 2 is 1.90 bits per heavy atom. The maximum atomic E-state index is 12.5. The molecule has 0 heterocycles. The van der Waals surface area contributed by atoms with Crippen LogP contribution in [0.2, 0.25) is 0 Å². The number of nitrogen functional groups attached to an aromatic ring is 1. The quantitative estimate of drug-likeness (QED) is 0.850. The molecule has 0 spiro atoms. The lowest BCUT2D eigenvalue weighted by Gasteiger charge is -2.22. The van der Waals surface area contributed by atoms with Gasteiger partial charge in [-0.15, -0.1) is 0 Å². The van der Waals surface area contributed by atoms with E-state index in [4.69, 9.17) is 10.5 Å². The first-order chi connectivity index (χ1) is 9.07. The van der Waals surface area contributed by atoms with Gasteiger partial charge in [0.25, 0.3) is 0 Å². The molecule has 20 heavy (non-hydrogen) atoms. The summed E-state index contributed by atoms with van der Waals surface area (Å²) in [7, 11) is 0.101. The number of anilines is 1.